The summed E-state index contributed by atoms with van der Waals surface area (Å²) in [7, 11) is 0. The Labute approximate surface area is 169 Å². The Hall–Kier alpha value is -3.86. The Morgan fingerprint density at radius 3 is 2.21 bits per heavy atom. The molecule has 5 heteroatoms. The van der Waals surface area contributed by atoms with Gasteiger partial charge in [0.25, 0.3) is 5.91 Å². The highest BCUT2D eigenvalue weighted by molar-refractivity contribution is 5.94. The molecule has 0 aliphatic heterocycles. The normalized spacial score (nSPS) is 10.5. The first-order valence-electron chi connectivity index (χ1n) is 9.13. The van der Waals surface area contributed by atoms with E-state index < -0.39 is 11.9 Å². The lowest BCUT2D eigenvalue weighted by Gasteiger charge is -2.08. The number of anilines is 1. The molecule has 29 heavy (non-hydrogen) atoms. The highest BCUT2D eigenvalue weighted by atomic mass is 16.5. The topological polar surface area (TPSA) is 64.6 Å². The van der Waals surface area contributed by atoms with E-state index in [0.717, 1.165) is 16.9 Å². The molecule has 0 unspecified atom stereocenters. The molecule has 0 fully saturated rings. The van der Waals surface area contributed by atoms with E-state index in [-0.39, 0.29) is 6.61 Å². The van der Waals surface area contributed by atoms with Gasteiger partial charge in [0.1, 0.15) is 11.5 Å². The average Bonchev–Trinajstić information content (AvgIpc) is 2.74. The zero-order valence-electron chi connectivity index (χ0n) is 16.0. The SMILES string of the molecule is Cc1ccc(/C=C/C(=O)OCC(=O)Nc2ccc(Oc3ccccc3)cc2)cc1. The fourth-order valence-corrected chi connectivity index (χ4v) is 2.45. The molecular formula is C24H21NO4. The summed E-state index contributed by atoms with van der Waals surface area (Å²) in [6.45, 7) is 1.63. The summed E-state index contributed by atoms with van der Waals surface area (Å²) >= 11 is 0. The van der Waals surface area contributed by atoms with Crippen LogP contribution in [0.2, 0.25) is 0 Å². The highest BCUT2D eigenvalue weighted by Gasteiger charge is 2.06. The predicted molar refractivity (Wildman–Crippen MR) is 113 cm³/mol. The fourth-order valence-electron chi connectivity index (χ4n) is 2.45. The number of carbonyl (C=O) groups is 2. The van der Waals surface area contributed by atoms with Gasteiger partial charge in [0.2, 0.25) is 0 Å². The maximum absolute atomic E-state index is 12.0. The molecule has 5 nitrogen and oxygen atoms in total. The molecule has 0 heterocycles. The summed E-state index contributed by atoms with van der Waals surface area (Å²) in [5.41, 5.74) is 2.61. The molecule has 0 bridgehead atoms. The number of aryl methyl sites for hydroxylation is 1. The van der Waals surface area contributed by atoms with Gasteiger partial charge in [0.05, 0.1) is 0 Å². The highest BCUT2D eigenvalue weighted by Crippen LogP contribution is 2.22. The monoisotopic (exact) mass is 387 g/mol. The van der Waals surface area contributed by atoms with Crippen molar-refractivity contribution in [1.29, 1.82) is 0 Å². The lowest BCUT2D eigenvalue weighted by atomic mass is 10.1. The van der Waals surface area contributed by atoms with Crippen LogP contribution in [-0.4, -0.2) is 18.5 Å². The van der Waals surface area contributed by atoms with Crippen LogP contribution in [0, 0.1) is 6.92 Å². The fraction of sp³-hybridized carbons (Fsp3) is 0.0833. The Bertz CT molecular complexity index is 978. The number of hydrogen-bond acceptors (Lipinski definition) is 4. The van der Waals surface area contributed by atoms with E-state index in [2.05, 4.69) is 5.32 Å². The van der Waals surface area contributed by atoms with Gasteiger partial charge in [-0.1, -0.05) is 48.0 Å². The number of esters is 1. The Morgan fingerprint density at radius 2 is 1.52 bits per heavy atom. The molecular weight excluding hydrogens is 366 g/mol. The van der Waals surface area contributed by atoms with E-state index in [1.54, 1.807) is 30.3 Å². The van der Waals surface area contributed by atoms with E-state index in [9.17, 15) is 9.59 Å². The van der Waals surface area contributed by atoms with Crippen molar-refractivity contribution >= 4 is 23.6 Å². The molecule has 3 aromatic carbocycles. The third-order valence-electron chi connectivity index (χ3n) is 3.95. The summed E-state index contributed by atoms with van der Waals surface area (Å²) < 4.78 is 10.7. The first kappa shape index (κ1) is 19.9. The summed E-state index contributed by atoms with van der Waals surface area (Å²) in [5.74, 6) is 0.392. The lowest BCUT2D eigenvalue weighted by molar-refractivity contribution is -0.142. The van der Waals surface area contributed by atoms with Crippen LogP contribution in [0.5, 0.6) is 11.5 Å². The van der Waals surface area contributed by atoms with E-state index in [4.69, 9.17) is 9.47 Å². The second-order valence-electron chi connectivity index (χ2n) is 6.34. The molecule has 0 atom stereocenters. The van der Waals surface area contributed by atoms with Crippen molar-refractivity contribution in [3.05, 3.63) is 96.1 Å². The van der Waals surface area contributed by atoms with Crippen LogP contribution in [-0.2, 0) is 14.3 Å². The predicted octanol–water partition coefficient (Wildman–Crippen LogP) is 4.98. The van der Waals surface area contributed by atoms with E-state index in [1.807, 2.05) is 61.5 Å². The molecule has 146 valence electrons. The lowest BCUT2D eigenvalue weighted by Crippen LogP contribution is -2.20. The van der Waals surface area contributed by atoms with Gasteiger partial charge in [0, 0.05) is 11.8 Å². The molecule has 0 radical (unpaired) electrons. The minimum Gasteiger partial charge on any atom is -0.457 e. The second kappa shape index (κ2) is 9.90. The van der Waals surface area contributed by atoms with Crippen molar-refractivity contribution < 1.29 is 19.1 Å². The average molecular weight is 387 g/mol. The third kappa shape index (κ3) is 6.66. The van der Waals surface area contributed by atoms with Gasteiger partial charge < -0.3 is 14.8 Å². The standard InChI is InChI=1S/C24H21NO4/c1-18-7-9-19(10-8-18)11-16-24(27)28-17-23(26)25-20-12-14-22(15-13-20)29-21-5-3-2-4-6-21/h2-16H,17H2,1H3,(H,25,26)/b16-11+. The molecule has 0 aliphatic carbocycles. The zero-order valence-corrected chi connectivity index (χ0v) is 16.0. The molecule has 1 N–H and O–H groups in total. The maximum atomic E-state index is 12.0. The number of ether oxygens (including phenoxy) is 2. The molecule has 0 saturated carbocycles. The van der Waals surface area contributed by atoms with Crippen molar-refractivity contribution in [1.82, 2.24) is 0 Å². The summed E-state index contributed by atoms with van der Waals surface area (Å²) in [6, 6.07) is 24.0. The molecule has 0 aromatic heterocycles. The van der Waals surface area contributed by atoms with Gasteiger partial charge >= 0.3 is 5.97 Å². The van der Waals surface area contributed by atoms with Gasteiger partial charge in [-0.05, 0) is 55.0 Å². The van der Waals surface area contributed by atoms with Crippen molar-refractivity contribution in [2.75, 3.05) is 11.9 Å². The number of nitrogens with one attached hydrogen (secondary N) is 1. The molecule has 3 rings (SSSR count). The summed E-state index contributed by atoms with van der Waals surface area (Å²) in [5, 5.41) is 2.67. The van der Waals surface area contributed by atoms with E-state index in [1.165, 1.54) is 6.08 Å². The number of para-hydroxylation sites is 1. The quantitative estimate of drug-likeness (QED) is 0.459. The van der Waals surface area contributed by atoms with E-state index in [0.29, 0.717) is 11.4 Å². The van der Waals surface area contributed by atoms with Crippen LogP contribution in [0.25, 0.3) is 6.08 Å². The summed E-state index contributed by atoms with van der Waals surface area (Å²) in [4.78, 5) is 23.7. The van der Waals surface area contributed by atoms with Crippen molar-refractivity contribution in [2.45, 2.75) is 6.92 Å². The Balaban J connectivity index is 1.44. The van der Waals surface area contributed by atoms with Crippen LogP contribution >= 0.6 is 0 Å². The minimum absolute atomic E-state index is 0.362. The van der Waals surface area contributed by atoms with Gasteiger partial charge in [-0.15, -0.1) is 0 Å². The first-order valence-corrected chi connectivity index (χ1v) is 9.13. The van der Waals surface area contributed by atoms with Crippen LogP contribution in [0.3, 0.4) is 0 Å². The number of carbonyl (C=O) groups excluding carboxylic acids is 2. The molecule has 3 aromatic rings. The number of amides is 1. The zero-order chi connectivity index (χ0) is 20.5. The summed E-state index contributed by atoms with van der Waals surface area (Å²) in [6.07, 6.45) is 2.94. The van der Waals surface area contributed by atoms with Crippen molar-refractivity contribution in [2.24, 2.45) is 0 Å². The van der Waals surface area contributed by atoms with Gasteiger partial charge in [-0.3, -0.25) is 4.79 Å². The smallest absolute Gasteiger partial charge is 0.331 e. The number of benzene rings is 3. The van der Waals surface area contributed by atoms with Gasteiger partial charge in [-0.25, -0.2) is 4.79 Å². The van der Waals surface area contributed by atoms with Gasteiger partial charge in [0.15, 0.2) is 6.61 Å². The molecule has 0 aliphatic rings. The van der Waals surface area contributed by atoms with Crippen LogP contribution < -0.4 is 10.1 Å². The second-order valence-corrected chi connectivity index (χ2v) is 6.34. The minimum atomic E-state index is -0.577. The van der Waals surface area contributed by atoms with Crippen molar-refractivity contribution in [3.63, 3.8) is 0 Å². The molecule has 0 spiro atoms. The van der Waals surface area contributed by atoms with Crippen LogP contribution in [0.1, 0.15) is 11.1 Å². The largest absolute Gasteiger partial charge is 0.457 e. The third-order valence-corrected chi connectivity index (χ3v) is 3.95. The number of rotatable bonds is 7. The molecule has 1 amide bonds. The number of hydrogen-bond donors (Lipinski definition) is 1. The van der Waals surface area contributed by atoms with Crippen LogP contribution in [0.15, 0.2) is 84.9 Å². The van der Waals surface area contributed by atoms with Crippen molar-refractivity contribution in [3.8, 4) is 11.5 Å². The maximum Gasteiger partial charge on any atom is 0.331 e. The van der Waals surface area contributed by atoms with Gasteiger partial charge in [-0.2, -0.15) is 0 Å². The van der Waals surface area contributed by atoms with E-state index >= 15 is 0 Å². The Kier molecular flexibility index (Phi) is 6.79. The first-order chi connectivity index (χ1) is 14.1. The molecule has 0 saturated heterocycles. The van der Waals surface area contributed by atoms with Crippen LogP contribution in [0.4, 0.5) is 5.69 Å². The Morgan fingerprint density at radius 1 is 0.862 bits per heavy atom.